The fourth-order valence-corrected chi connectivity index (χ4v) is 7.69. The van der Waals surface area contributed by atoms with Gasteiger partial charge in [-0.05, 0) is 84.3 Å². The molecular weight excluding hydrogens is 564 g/mol. The summed E-state index contributed by atoms with van der Waals surface area (Å²) in [5.41, 5.74) is 1.07. The highest BCUT2D eigenvalue weighted by atomic mass is 32.2. The van der Waals surface area contributed by atoms with E-state index in [0.29, 0.717) is 41.0 Å². The Morgan fingerprint density at radius 2 is 1.81 bits per heavy atom. The molecule has 2 aliphatic rings. The molecule has 2 saturated heterocycles. The molecule has 0 amide bonds. The van der Waals surface area contributed by atoms with Gasteiger partial charge in [0.25, 0.3) is 0 Å². The predicted octanol–water partition coefficient (Wildman–Crippen LogP) is 6.39. The van der Waals surface area contributed by atoms with Crippen molar-refractivity contribution in [1.29, 1.82) is 0 Å². The van der Waals surface area contributed by atoms with Gasteiger partial charge in [-0.3, -0.25) is 4.90 Å². The van der Waals surface area contributed by atoms with Crippen LogP contribution in [0.15, 0.2) is 59.8 Å². The first kappa shape index (κ1) is 29.3. The first-order chi connectivity index (χ1) is 20.5. The Kier molecular flexibility index (Phi) is 7.72. The number of para-hydroxylation sites is 1. The molecule has 2 aromatic carbocycles. The van der Waals surface area contributed by atoms with Gasteiger partial charge in [0.05, 0.1) is 33.7 Å². The summed E-state index contributed by atoms with van der Waals surface area (Å²) in [7, 11) is -1.30. The van der Waals surface area contributed by atoms with Crippen molar-refractivity contribution in [1.82, 2.24) is 19.4 Å². The summed E-state index contributed by atoms with van der Waals surface area (Å²) in [6, 6.07) is 13.5. The number of aromatic nitrogens is 3. The maximum Gasteiger partial charge on any atom is 0.229 e. The summed E-state index contributed by atoms with van der Waals surface area (Å²) in [5, 5.41) is 18.9. The summed E-state index contributed by atoms with van der Waals surface area (Å²) in [6.45, 7) is 7.26. The highest BCUT2D eigenvalue weighted by Gasteiger charge is 2.43. The van der Waals surface area contributed by atoms with E-state index in [2.05, 4.69) is 32.5 Å². The number of anilines is 4. The van der Waals surface area contributed by atoms with Gasteiger partial charge in [-0.1, -0.05) is 18.6 Å². The highest BCUT2D eigenvalue weighted by Crippen LogP contribution is 2.46. The van der Waals surface area contributed by atoms with Crippen LogP contribution < -0.4 is 15.4 Å². The van der Waals surface area contributed by atoms with E-state index in [4.69, 9.17) is 4.74 Å². The largest absolute Gasteiger partial charge is 0.494 e. The van der Waals surface area contributed by atoms with E-state index in [9.17, 15) is 13.5 Å². The van der Waals surface area contributed by atoms with Gasteiger partial charge in [0.15, 0.2) is 15.7 Å². The molecule has 11 heteroatoms. The minimum absolute atomic E-state index is 0.0789. The van der Waals surface area contributed by atoms with E-state index in [1.165, 1.54) is 12.8 Å². The zero-order valence-corrected chi connectivity index (χ0v) is 26.1. The Hall–Kier alpha value is -3.83. The molecule has 2 aliphatic heterocycles. The fraction of sp³-hybridized carbons (Fsp3) is 0.438. The highest BCUT2D eigenvalue weighted by molar-refractivity contribution is 7.92. The number of likely N-dealkylation sites (N-methyl/N-ethyl adjacent to an activating group) is 1. The van der Waals surface area contributed by atoms with Crippen LogP contribution in [0, 0.1) is 0 Å². The third-order valence-corrected chi connectivity index (χ3v) is 10.9. The van der Waals surface area contributed by atoms with Crippen molar-refractivity contribution in [3.8, 4) is 11.6 Å². The summed E-state index contributed by atoms with van der Waals surface area (Å²) in [6.07, 6.45) is 8.17. The van der Waals surface area contributed by atoms with Gasteiger partial charge >= 0.3 is 0 Å². The van der Waals surface area contributed by atoms with E-state index in [1.807, 2.05) is 36.7 Å². The SMILES string of the molecule is CC(C)Oc1cc2cn(C3CC4CCCC3N4C)c(O)c2cc1Nc1nccc(Nc2ccccc2S(=O)(=O)C(C)C)n1. The van der Waals surface area contributed by atoms with Crippen molar-refractivity contribution in [2.45, 2.75) is 87.8 Å². The maximum atomic E-state index is 12.9. The van der Waals surface area contributed by atoms with Gasteiger partial charge in [-0.15, -0.1) is 0 Å². The first-order valence-corrected chi connectivity index (χ1v) is 16.5. The smallest absolute Gasteiger partial charge is 0.229 e. The molecule has 2 bridgehead atoms. The number of hydrogen-bond donors (Lipinski definition) is 3. The lowest BCUT2D eigenvalue weighted by molar-refractivity contribution is 0.164. The monoisotopic (exact) mass is 604 g/mol. The quantitative estimate of drug-likeness (QED) is 0.199. The van der Waals surface area contributed by atoms with E-state index in [-0.39, 0.29) is 22.9 Å². The second-order valence-corrected chi connectivity index (χ2v) is 14.7. The summed E-state index contributed by atoms with van der Waals surface area (Å²) < 4.78 is 34.1. The first-order valence-electron chi connectivity index (χ1n) is 15.0. The van der Waals surface area contributed by atoms with Gasteiger partial charge < -0.3 is 25.0 Å². The van der Waals surface area contributed by atoms with Crippen molar-refractivity contribution in [3.63, 3.8) is 0 Å². The third kappa shape index (κ3) is 5.51. The van der Waals surface area contributed by atoms with Crippen molar-refractivity contribution in [2.75, 3.05) is 17.7 Å². The Morgan fingerprint density at radius 3 is 2.56 bits per heavy atom. The van der Waals surface area contributed by atoms with E-state index in [0.717, 1.165) is 23.6 Å². The molecule has 2 aromatic heterocycles. The zero-order valence-electron chi connectivity index (χ0n) is 25.3. The van der Waals surface area contributed by atoms with E-state index >= 15 is 0 Å². The third-order valence-electron chi connectivity index (χ3n) is 8.71. The Bertz CT molecular complexity index is 1750. The summed E-state index contributed by atoms with van der Waals surface area (Å²) >= 11 is 0. The number of rotatable bonds is 9. The summed E-state index contributed by atoms with van der Waals surface area (Å²) in [4.78, 5) is 11.7. The molecule has 4 heterocycles. The molecular formula is C32H40N6O4S. The molecule has 0 saturated carbocycles. The molecule has 4 aromatic rings. The fourth-order valence-electron chi connectivity index (χ4n) is 6.49. The van der Waals surface area contributed by atoms with Crippen LogP contribution in [0.25, 0.3) is 10.8 Å². The molecule has 0 radical (unpaired) electrons. The Labute approximate surface area is 253 Å². The average Bonchev–Trinajstić information content (AvgIpc) is 3.33. The minimum Gasteiger partial charge on any atom is -0.494 e. The van der Waals surface area contributed by atoms with Crippen LogP contribution in [0.3, 0.4) is 0 Å². The number of fused-ring (bicyclic) bond motifs is 3. The van der Waals surface area contributed by atoms with Gasteiger partial charge in [0.1, 0.15) is 11.6 Å². The Morgan fingerprint density at radius 1 is 1.02 bits per heavy atom. The van der Waals surface area contributed by atoms with Crippen LogP contribution in [-0.4, -0.2) is 63.4 Å². The number of hydrogen-bond acceptors (Lipinski definition) is 9. The lowest BCUT2D eigenvalue weighted by Gasteiger charge is -2.32. The normalized spacial score (nSPS) is 20.7. The number of sulfone groups is 1. The van der Waals surface area contributed by atoms with Gasteiger partial charge in [-0.2, -0.15) is 4.98 Å². The van der Waals surface area contributed by atoms with Crippen LogP contribution in [0.5, 0.6) is 11.6 Å². The Balaban J connectivity index is 1.32. The van der Waals surface area contributed by atoms with Crippen LogP contribution in [0.4, 0.5) is 23.1 Å². The number of benzene rings is 2. The van der Waals surface area contributed by atoms with Gasteiger partial charge in [-0.25, -0.2) is 13.4 Å². The van der Waals surface area contributed by atoms with E-state index in [1.54, 1.807) is 50.4 Å². The van der Waals surface area contributed by atoms with Crippen LogP contribution in [0.1, 0.15) is 59.4 Å². The van der Waals surface area contributed by atoms with E-state index < -0.39 is 15.1 Å². The summed E-state index contributed by atoms with van der Waals surface area (Å²) in [5.74, 6) is 1.60. The molecule has 0 aliphatic carbocycles. The maximum absolute atomic E-state index is 12.9. The van der Waals surface area contributed by atoms with Crippen LogP contribution >= 0.6 is 0 Å². The van der Waals surface area contributed by atoms with Gasteiger partial charge in [0, 0.05) is 35.2 Å². The zero-order chi connectivity index (χ0) is 30.5. The molecule has 0 spiro atoms. The van der Waals surface area contributed by atoms with Gasteiger partial charge in [0.2, 0.25) is 5.95 Å². The number of nitrogens with zero attached hydrogens (tertiary/aromatic N) is 4. The van der Waals surface area contributed by atoms with Crippen molar-refractivity contribution >= 4 is 43.8 Å². The van der Waals surface area contributed by atoms with Crippen molar-refractivity contribution in [2.24, 2.45) is 0 Å². The topological polar surface area (TPSA) is 122 Å². The van der Waals surface area contributed by atoms with Crippen molar-refractivity contribution < 1.29 is 18.3 Å². The average molecular weight is 605 g/mol. The number of nitrogens with one attached hydrogen (secondary N) is 2. The second kappa shape index (κ2) is 11.3. The molecule has 3 N–H and O–H groups in total. The molecule has 43 heavy (non-hydrogen) atoms. The number of piperidine rings is 1. The second-order valence-electron chi connectivity index (χ2n) is 12.2. The lowest BCUT2D eigenvalue weighted by Crippen LogP contribution is -2.37. The molecule has 3 unspecified atom stereocenters. The lowest BCUT2D eigenvalue weighted by atomic mass is 10.0. The van der Waals surface area contributed by atoms with Crippen LogP contribution in [-0.2, 0) is 9.84 Å². The van der Waals surface area contributed by atoms with Crippen LogP contribution in [0.2, 0.25) is 0 Å². The number of aromatic hydroxyl groups is 1. The van der Waals surface area contributed by atoms with Crippen molar-refractivity contribution in [3.05, 3.63) is 54.9 Å². The minimum atomic E-state index is -3.51. The standard InChI is InChI=1S/C32H40N6O4S/c1-19(2)42-28-15-21-18-38(27-16-22-9-8-11-26(27)37(22)5)31(39)23(21)17-25(28)35-32-33-14-13-30(36-32)34-24-10-6-7-12-29(24)43(40,41)20(3)4/h6-7,10,12-15,17-20,22,26-27,39H,8-9,11,16H2,1-5H3,(H2,33,34,35,36). The molecule has 228 valence electrons. The molecule has 10 nitrogen and oxygen atoms in total. The predicted molar refractivity (Wildman–Crippen MR) is 170 cm³/mol. The molecule has 2 fully saturated rings. The molecule has 6 rings (SSSR count). The number of ether oxygens (including phenoxy) is 1. The molecule has 3 atom stereocenters.